The summed E-state index contributed by atoms with van der Waals surface area (Å²) in [5.41, 5.74) is -0.333. The second kappa shape index (κ2) is 5.31. The van der Waals surface area contributed by atoms with Crippen molar-refractivity contribution in [2.75, 3.05) is 0 Å². The zero-order valence-corrected chi connectivity index (χ0v) is 11.3. The van der Waals surface area contributed by atoms with Gasteiger partial charge in [0.1, 0.15) is 4.88 Å². The first-order chi connectivity index (χ1) is 7.79. The highest BCUT2D eigenvalue weighted by atomic mass is 32.1. The van der Waals surface area contributed by atoms with Crippen LogP contribution in [0, 0.1) is 0 Å². The molecule has 0 fully saturated rings. The molecule has 0 spiro atoms. The summed E-state index contributed by atoms with van der Waals surface area (Å²) in [4.78, 5) is 23.8. The second-order valence-electron chi connectivity index (χ2n) is 4.76. The third-order valence-corrected chi connectivity index (χ3v) is 2.72. The lowest BCUT2D eigenvalue weighted by molar-refractivity contribution is -0.130. The summed E-state index contributed by atoms with van der Waals surface area (Å²) in [7, 11) is 0. The standard InChI is InChI=1S/C12H17NO3S/c1-8(10(14)13-12(2,3)4)16-11(15)9-6-5-7-17-9/h5-8H,1-4H3,(H,13,14)/t8-/m1/s1. The van der Waals surface area contributed by atoms with Gasteiger partial charge in [-0.15, -0.1) is 11.3 Å². The zero-order valence-electron chi connectivity index (χ0n) is 10.4. The normalized spacial score (nSPS) is 12.9. The fourth-order valence-electron chi connectivity index (χ4n) is 1.14. The van der Waals surface area contributed by atoms with Crippen LogP contribution >= 0.6 is 11.3 Å². The van der Waals surface area contributed by atoms with Gasteiger partial charge in [-0.25, -0.2) is 4.79 Å². The summed E-state index contributed by atoms with van der Waals surface area (Å²) in [6.45, 7) is 7.18. The van der Waals surface area contributed by atoms with Gasteiger partial charge in [-0.3, -0.25) is 4.79 Å². The van der Waals surface area contributed by atoms with Crippen LogP contribution in [-0.2, 0) is 9.53 Å². The predicted octanol–water partition coefficient (Wildman–Crippen LogP) is 2.21. The molecule has 0 aliphatic rings. The molecular weight excluding hydrogens is 238 g/mol. The number of esters is 1. The molecule has 94 valence electrons. The van der Waals surface area contributed by atoms with Gasteiger partial charge >= 0.3 is 5.97 Å². The van der Waals surface area contributed by atoms with Gasteiger partial charge in [-0.1, -0.05) is 6.07 Å². The molecule has 0 aromatic carbocycles. The van der Waals surface area contributed by atoms with Crippen LogP contribution in [0.25, 0.3) is 0 Å². The minimum Gasteiger partial charge on any atom is -0.448 e. The van der Waals surface area contributed by atoms with Crippen LogP contribution in [0.15, 0.2) is 17.5 Å². The minimum absolute atomic E-state index is 0.289. The predicted molar refractivity (Wildman–Crippen MR) is 67.1 cm³/mol. The van der Waals surface area contributed by atoms with Crippen molar-refractivity contribution in [3.63, 3.8) is 0 Å². The molecule has 0 saturated heterocycles. The van der Waals surface area contributed by atoms with E-state index in [0.29, 0.717) is 4.88 Å². The average molecular weight is 255 g/mol. The van der Waals surface area contributed by atoms with Crippen LogP contribution < -0.4 is 5.32 Å². The van der Waals surface area contributed by atoms with E-state index in [1.54, 1.807) is 24.4 Å². The third-order valence-electron chi connectivity index (χ3n) is 1.87. The molecule has 0 aliphatic heterocycles. The van der Waals surface area contributed by atoms with Gasteiger partial charge < -0.3 is 10.1 Å². The SMILES string of the molecule is C[C@@H](OC(=O)c1cccs1)C(=O)NC(C)(C)C. The van der Waals surface area contributed by atoms with Gasteiger partial charge in [-0.05, 0) is 39.1 Å². The monoisotopic (exact) mass is 255 g/mol. The molecule has 17 heavy (non-hydrogen) atoms. The van der Waals surface area contributed by atoms with Gasteiger partial charge in [-0.2, -0.15) is 0 Å². The average Bonchev–Trinajstić information content (AvgIpc) is 2.67. The smallest absolute Gasteiger partial charge is 0.349 e. The fourth-order valence-corrected chi connectivity index (χ4v) is 1.74. The molecule has 1 aromatic rings. The quantitative estimate of drug-likeness (QED) is 0.842. The van der Waals surface area contributed by atoms with Crippen molar-refractivity contribution in [2.45, 2.75) is 39.3 Å². The second-order valence-corrected chi connectivity index (χ2v) is 5.71. The summed E-state index contributed by atoms with van der Waals surface area (Å²) >= 11 is 1.29. The van der Waals surface area contributed by atoms with Crippen LogP contribution in [0.4, 0.5) is 0 Å². The van der Waals surface area contributed by atoms with E-state index in [1.165, 1.54) is 11.3 Å². The Labute approximate surface area is 105 Å². The molecular formula is C12H17NO3S. The van der Waals surface area contributed by atoms with E-state index in [-0.39, 0.29) is 11.4 Å². The summed E-state index contributed by atoms with van der Waals surface area (Å²) in [5, 5.41) is 4.54. The van der Waals surface area contributed by atoms with Crippen molar-refractivity contribution in [2.24, 2.45) is 0 Å². The van der Waals surface area contributed by atoms with Crippen LogP contribution in [0.2, 0.25) is 0 Å². The number of nitrogens with one attached hydrogen (secondary N) is 1. The Kier molecular flexibility index (Phi) is 4.28. The van der Waals surface area contributed by atoms with Crippen molar-refractivity contribution in [1.82, 2.24) is 5.32 Å². The lowest BCUT2D eigenvalue weighted by Crippen LogP contribution is -2.46. The molecule has 0 aliphatic carbocycles. The molecule has 1 rings (SSSR count). The van der Waals surface area contributed by atoms with Gasteiger partial charge in [0.2, 0.25) is 0 Å². The van der Waals surface area contributed by atoms with Gasteiger partial charge in [0.05, 0.1) is 0 Å². The van der Waals surface area contributed by atoms with Crippen molar-refractivity contribution in [1.29, 1.82) is 0 Å². The van der Waals surface area contributed by atoms with Gasteiger partial charge in [0.25, 0.3) is 5.91 Å². The number of ether oxygens (including phenoxy) is 1. The molecule has 1 heterocycles. The summed E-state index contributed by atoms with van der Waals surface area (Å²) in [6, 6.07) is 3.43. The molecule has 0 saturated carbocycles. The number of carbonyl (C=O) groups is 2. The van der Waals surface area contributed by atoms with Gasteiger partial charge in [0, 0.05) is 5.54 Å². The molecule has 4 nitrogen and oxygen atoms in total. The Hall–Kier alpha value is -1.36. The van der Waals surface area contributed by atoms with Crippen molar-refractivity contribution in [3.05, 3.63) is 22.4 Å². The highest BCUT2D eigenvalue weighted by Gasteiger charge is 2.23. The fraction of sp³-hybridized carbons (Fsp3) is 0.500. The first-order valence-corrected chi connectivity index (χ1v) is 6.24. The lowest BCUT2D eigenvalue weighted by Gasteiger charge is -2.23. The van der Waals surface area contributed by atoms with E-state index in [1.807, 2.05) is 20.8 Å². The van der Waals surface area contributed by atoms with E-state index >= 15 is 0 Å². The Balaban J connectivity index is 2.52. The van der Waals surface area contributed by atoms with E-state index in [2.05, 4.69) is 5.32 Å². The molecule has 5 heteroatoms. The Bertz CT molecular complexity index is 392. The van der Waals surface area contributed by atoms with Crippen molar-refractivity contribution >= 4 is 23.2 Å². The topological polar surface area (TPSA) is 55.4 Å². The van der Waals surface area contributed by atoms with Crippen molar-refractivity contribution < 1.29 is 14.3 Å². The van der Waals surface area contributed by atoms with E-state index < -0.39 is 12.1 Å². The molecule has 1 N–H and O–H groups in total. The van der Waals surface area contributed by atoms with Crippen molar-refractivity contribution in [3.8, 4) is 0 Å². The van der Waals surface area contributed by atoms with E-state index in [4.69, 9.17) is 4.74 Å². The first kappa shape index (κ1) is 13.7. The molecule has 1 aromatic heterocycles. The summed E-state index contributed by atoms with van der Waals surface area (Å²) < 4.78 is 5.06. The Morgan fingerprint density at radius 2 is 2.06 bits per heavy atom. The number of carbonyl (C=O) groups excluding carboxylic acids is 2. The van der Waals surface area contributed by atoms with Crippen LogP contribution in [-0.4, -0.2) is 23.5 Å². The first-order valence-electron chi connectivity index (χ1n) is 5.36. The van der Waals surface area contributed by atoms with E-state index in [0.717, 1.165) is 0 Å². The zero-order chi connectivity index (χ0) is 13.1. The molecule has 0 unspecified atom stereocenters. The van der Waals surface area contributed by atoms with E-state index in [9.17, 15) is 9.59 Å². The number of amides is 1. The highest BCUT2D eigenvalue weighted by molar-refractivity contribution is 7.11. The largest absolute Gasteiger partial charge is 0.448 e. The number of thiophene rings is 1. The minimum atomic E-state index is -0.788. The summed E-state index contributed by atoms with van der Waals surface area (Å²) in [5.74, 6) is -0.751. The number of hydrogen-bond acceptors (Lipinski definition) is 4. The molecule has 1 amide bonds. The maximum Gasteiger partial charge on any atom is 0.349 e. The number of hydrogen-bond donors (Lipinski definition) is 1. The Morgan fingerprint density at radius 1 is 1.41 bits per heavy atom. The van der Waals surface area contributed by atoms with Crippen LogP contribution in [0.1, 0.15) is 37.4 Å². The van der Waals surface area contributed by atoms with Crippen LogP contribution in [0.3, 0.4) is 0 Å². The van der Waals surface area contributed by atoms with Crippen LogP contribution in [0.5, 0.6) is 0 Å². The maximum absolute atomic E-state index is 11.7. The maximum atomic E-state index is 11.7. The molecule has 0 radical (unpaired) electrons. The Morgan fingerprint density at radius 3 is 2.53 bits per heavy atom. The molecule has 0 bridgehead atoms. The molecule has 1 atom stereocenters. The summed E-state index contributed by atoms with van der Waals surface area (Å²) in [6.07, 6.45) is -0.788. The lowest BCUT2D eigenvalue weighted by atomic mass is 10.1. The highest BCUT2D eigenvalue weighted by Crippen LogP contribution is 2.11. The number of rotatable bonds is 3. The van der Waals surface area contributed by atoms with Gasteiger partial charge in [0.15, 0.2) is 6.10 Å². The third kappa shape index (κ3) is 4.56.